The third-order valence-corrected chi connectivity index (χ3v) is 7.44. The highest BCUT2D eigenvalue weighted by Crippen LogP contribution is 2.44. The SMILES string of the molecule is CCc1cc(-c2cnn3c(NC)cc(C4CC5CCC(C4)N5C(=O)c4ncn[nH]4)nc23)cnc1N. The maximum Gasteiger partial charge on any atom is 0.291 e. The number of aromatic amines is 1. The number of carbonyl (C=O) groups is 1. The number of hydrogen-bond donors (Lipinski definition) is 3. The maximum absolute atomic E-state index is 13.0. The molecule has 11 nitrogen and oxygen atoms in total. The van der Waals surface area contributed by atoms with Crippen LogP contribution >= 0.6 is 0 Å². The van der Waals surface area contributed by atoms with E-state index in [1.54, 1.807) is 6.20 Å². The Hall–Kier alpha value is -4.02. The average molecular weight is 473 g/mol. The highest BCUT2D eigenvalue weighted by atomic mass is 16.2. The number of carbonyl (C=O) groups excluding carboxylic acids is 1. The fourth-order valence-electron chi connectivity index (χ4n) is 5.70. The zero-order valence-corrected chi connectivity index (χ0v) is 19.8. The van der Waals surface area contributed by atoms with Crippen molar-refractivity contribution in [2.24, 2.45) is 0 Å². The topological polar surface area (TPSA) is 143 Å². The number of nitrogens with one attached hydrogen (secondary N) is 2. The molecule has 2 unspecified atom stereocenters. The first-order valence-corrected chi connectivity index (χ1v) is 12.1. The fourth-order valence-corrected chi connectivity index (χ4v) is 5.70. The molecule has 2 bridgehead atoms. The van der Waals surface area contributed by atoms with E-state index in [0.29, 0.717) is 11.6 Å². The molecule has 4 aromatic heterocycles. The Bertz CT molecular complexity index is 1380. The van der Waals surface area contributed by atoms with Crippen LogP contribution < -0.4 is 11.1 Å². The maximum atomic E-state index is 13.0. The van der Waals surface area contributed by atoms with Gasteiger partial charge in [-0.3, -0.25) is 9.89 Å². The monoisotopic (exact) mass is 472 g/mol. The van der Waals surface area contributed by atoms with Gasteiger partial charge in [-0.2, -0.15) is 14.7 Å². The van der Waals surface area contributed by atoms with E-state index in [9.17, 15) is 4.79 Å². The molecule has 35 heavy (non-hydrogen) atoms. The van der Waals surface area contributed by atoms with Gasteiger partial charge in [0, 0.05) is 54.1 Å². The number of piperidine rings is 1. The van der Waals surface area contributed by atoms with Gasteiger partial charge in [-0.05, 0) is 43.7 Å². The first-order valence-electron chi connectivity index (χ1n) is 12.1. The van der Waals surface area contributed by atoms with E-state index in [1.807, 2.05) is 22.7 Å². The molecule has 0 saturated carbocycles. The minimum atomic E-state index is -0.0616. The standard InChI is InChI=1S/C24H28N10O/c1-3-13-6-15(10-27-21(13)25)18-11-30-34-20(26-2)9-19(31-23(18)34)14-7-16-4-5-17(8-14)33(16)24(35)22-28-12-29-32-22/h6,9-12,14,16-17,26H,3-5,7-8H2,1-2H3,(H2,25,27)(H,28,29,32). The van der Waals surface area contributed by atoms with Gasteiger partial charge < -0.3 is 16.0 Å². The van der Waals surface area contributed by atoms with E-state index in [1.165, 1.54) is 6.33 Å². The predicted molar refractivity (Wildman–Crippen MR) is 131 cm³/mol. The van der Waals surface area contributed by atoms with E-state index < -0.39 is 0 Å². The Kier molecular flexibility index (Phi) is 5.12. The normalized spacial score (nSPS) is 21.5. The quantitative estimate of drug-likeness (QED) is 0.402. The minimum absolute atomic E-state index is 0.0616. The van der Waals surface area contributed by atoms with Crippen LogP contribution in [-0.4, -0.2) is 64.7 Å². The Morgan fingerprint density at radius 3 is 2.69 bits per heavy atom. The van der Waals surface area contributed by atoms with Crippen molar-refractivity contribution in [3.8, 4) is 11.1 Å². The summed E-state index contributed by atoms with van der Waals surface area (Å²) >= 11 is 0. The van der Waals surface area contributed by atoms with Crippen LogP contribution in [0.3, 0.4) is 0 Å². The summed E-state index contributed by atoms with van der Waals surface area (Å²) in [6.07, 6.45) is 9.54. The number of aryl methyl sites for hydroxylation is 1. The number of nitrogen functional groups attached to an aromatic ring is 1. The van der Waals surface area contributed by atoms with Crippen LogP contribution in [0.4, 0.5) is 11.6 Å². The van der Waals surface area contributed by atoms with Gasteiger partial charge in [-0.15, -0.1) is 0 Å². The third kappa shape index (κ3) is 3.49. The third-order valence-electron chi connectivity index (χ3n) is 7.44. The molecular formula is C24H28N10O. The second kappa shape index (κ2) is 8.33. The summed E-state index contributed by atoms with van der Waals surface area (Å²) in [6.45, 7) is 2.07. The summed E-state index contributed by atoms with van der Waals surface area (Å²) in [5, 5.41) is 14.4. The molecule has 2 fully saturated rings. The zero-order chi connectivity index (χ0) is 24.1. The van der Waals surface area contributed by atoms with Crippen LogP contribution in [0.25, 0.3) is 16.8 Å². The number of fused-ring (bicyclic) bond motifs is 3. The van der Waals surface area contributed by atoms with Crippen LogP contribution in [0, 0.1) is 0 Å². The van der Waals surface area contributed by atoms with Crippen LogP contribution in [-0.2, 0) is 6.42 Å². The van der Waals surface area contributed by atoms with Crippen LogP contribution in [0.5, 0.6) is 0 Å². The summed E-state index contributed by atoms with van der Waals surface area (Å²) < 4.78 is 1.83. The van der Waals surface area contributed by atoms with E-state index in [-0.39, 0.29) is 23.9 Å². The lowest BCUT2D eigenvalue weighted by Gasteiger charge is -2.38. The van der Waals surface area contributed by atoms with Crippen molar-refractivity contribution in [1.29, 1.82) is 0 Å². The first-order chi connectivity index (χ1) is 17.1. The molecule has 0 radical (unpaired) electrons. The van der Waals surface area contributed by atoms with E-state index >= 15 is 0 Å². The lowest BCUT2D eigenvalue weighted by molar-refractivity contribution is 0.0557. The van der Waals surface area contributed by atoms with Gasteiger partial charge in [0.05, 0.1) is 6.20 Å². The Balaban J connectivity index is 1.35. The van der Waals surface area contributed by atoms with Crippen molar-refractivity contribution in [1.82, 2.24) is 39.7 Å². The Morgan fingerprint density at radius 2 is 2.00 bits per heavy atom. The van der Waals surface area contributed by atoms with E-state index in [4.69, 9.17) is 10.7 Å². The molecule has 11 heteroatoms. The van der Waals surface area contributed by atoms with E-state index in [0.717, 1.165) is 66.0 Å². The van der Waals surface area contributed by atoms with Crippen molar-refractivity contribution in [3.05, 3.63) is 47.9 Å². The second-order valence-corrected chi connectivity index (χ2v) is 9.33. The van der Waals surface area contributed by atoms with Crippen molar-refractivity contribution >= 4 is 23.2 Å². The molecule has 0 spiro atoms. The van der Waals surface area contributed by atoms with Gasteiger partial charge in [0.1, 0.15) is 18.0 Å². The van der Waals surface area contributed by atoms with Gasteiger partial charge in [0.2, 0.25) is 5.82 Å². The lowest BCUT2D eigenvalue weighted by atomic mass is 9.87. The highest BCUT2D eigenvalue weighted by molar-refractivity contribution is 5.91. The summed E-state index contributed by atoms with van der Waals surface area (Å²) in [5.41, 5.74) is 10.7. The van der Waals surface area contributed by atoms with Crippen LogP contribution in [0.1, 0.15) is 60.4 Å². The van der Waals surface area contributed by atoms with Gasteiger partial charge in [0.15, 0.2) is 5.65 Å². The number of nitrogens with zero attached hydrogens (tertiary/aromatic N) is 7. The van der Waals surface area contributed by atoms with Gasteiger partial charge in [-0.1, -0.05) is 6.92 Å². The Labute approximate surface area is 202 Å². The second-order valence-electron chi connectivity index (χ2n) is 9.33. The molecule has 2 atom stereocenters. The molecule has 0 aliphatic carbocycles. The molecule has 4 N–H and O–H groups in total. The summed E-state index contributed by atoms with van der Waals surface area (Å²) in [6, 6.07) is 4.50. The fraction of sp³-hybridized carbons (Fsp3) is 0.417. The van der Waals surface area contributed by atoms with E-state index in [2.05, 4.69) is 49.6 Å². The Morgan fingerprint density at radius 1 is 1.20 bits per heavy atom. The van der Waals surface area contributed by atoms with Crippen LogP contribution in [0.2, 0.25) is 0 Å². The van der Waals surface area contributed by atoms with Crippen molar-refractivity contribution in [3.63, 3.8) is 0 Å². The molecular weight excluding hydrogens is 444 g/mol. The summed E-state index contributed by atoms with van der Waals surface area (Å²) in [5.74, 6) is 1.93. The van der Waals surface area contributed by atoms with Gasteiger partial charge in [-0.25, -0.2) is 15.0 Å². The van der Waals surface area contributed by atoms with Crippen molar-refractivity contribution < 1.29 is 4.79 Å². The molecule has 180 valence electrons. The molecule has 6 heterocycles. The summed E-state index contributed by atoms with van der Waals surface area (Å²) in [4.78, 5) is 28.6. The number of anilines is 2. The minimum Gasteiger partial charge on any atom is -0.383 e. The predicted octanol–water partition coefficient (Wildman–Crippen LogP) is 2.65. The number of amides is 1. The van der Waals surface area contributed by atoms with Gasteiger partial charge >= 0.3 is 0 Å². The number of hydrogen-bond acceptors (Lipinski definition) is 8. The molecule has 6 rings (SSSR count). The largest absolute Gasteiger partial charge is 0.383 e. The molecule has 2 saturated heterocycles. The molecule has 2 aliphatic rings. The smallest absolute Gasteiger partial charge is 0.291 e. The molecule has 4 aromatic rings. The summed E-state index contributed by atoms with van der Waals surface area (Å²) in [7, 11) is 1.89. The number of nitrogens with two attached hydrogens (primary N) is 1. The first kappa shape index (κ1) is 21.5. The molecule has 1 amide bonds. The highest BCUT2D eigenvalue weighted by Gasteiger charge is 2.45. The van der Waals surface area contributed by atoms with Crippen molar-refractivity contribution in [2.75, 3.05) is 18.1 Å². The average Bonchev–Trinajstić information content (AvgIpc) is 3.62. The molecule has 2 aliphatic heterocycles. The van der Waals surface area contributed by atoms with Crippen LogP contribution in [0.15, 0.2) is 30.9 Å². The number of pyridine rings is 1. The molecule has 0 aromatic carbocycles. The number of rotatable bonds is 5. The van der Waals surface area contributed by atoms with Crippen molar-refractivity contribution in [2.45, 2.75) is 57.0 Å². The number of H-pyrrole nitrogens is 1. The van der Waals surface area contributed by atoms with Gasteiger partial charge in [0.25, 0.3) is 5.91 Å². The number of aromatic nitrogens is 7. The zero-order valence-electron chi connectivity index (χ0n) is 19.8. The lowest BCUT2D eigenvalue weighted by Crippen LogP contribution is -2.46.